The molecule has 1 atom stereocenters. The van der Waals surface area contributed by atoms with Gasteiger partial charge in [-0.25, -0.2) is 0 Å². The summed E-state index contributed by atoms with van der Waals surface area (Å²) in [7, 11) is 0. The predicted molar refractivity (Wildman–Crippen MR) is 93.6 cm³/mol. The van der Waals surface area contributed by atoms with Crippen molar-refractivity contribution in [3.05, 3.63) is 29.8 Å². The molecule has 2 amide bonds. The topological polar surface area (TPSA) is 49.4 Å². The number of nitrogens with zero attached hydrogens (tertiary/aromatic N) is 1. The second kappa shape index (κ2) is 8.14. The molecular weight excluding hydrogens is 288 g/mol. The third-order valence-electron chi connectivity index (χ3n) is 4.32. The van der Waals surface area contributed by atoms with Crippen LogP contribution in [0.2, 0.25) is 0 Å². The van der Waals surface area contributed by atoms with Gasteiger partial charge in [-0.1, -0.05) is 13.8 Å². The van der Waals surface area contributed by atoms with Crippen LogP contribution < -0.4 is 10.2 Å². The first-order valence-electron chi connectivity index (χ1n) is 8.68. The van der Waals surface area contributed by atoms with Gasteiger partial charge in [-0.3, -0.25) is 9.59 Å². The van der Waals surface area contributed by atoms with Crippen molar-refractivity contribution in [1.29, 1.82) is 0 Å². The molecule has 0 aromatic heterocycles. The van der Waals surface area contributed by atoms with E-state index >= 15 is 0 Å². The Bertz CT molecular complexity index is 537. The van der Waals surface area contributed by atoms with Crippen LogP contribution in [0.3, 0.4) is 0 Å². The number of nitrogens with one attached hydrogen (secondary N) is 1. The van der Waals surface area contributed by atoms with Crippen LogP contribution in [0, 0.1) is 5.92 Å². The normalized spacial score (nSPS) is 16.5. The van der Waals surface area contributed by atoms with Gasteiger partial charge >= 0.3 is 0 Å². The van der Waals surface area contributed by atoms with Gasteiger partial charge in [-0.2, -0.15) is 0 Å². The summed E-state index contributed by atoms with van der Waals surface area (Å²) < 4.78 is 0. The maximum absolute atomic E-state index is 12.3. The highest BCUT2D eigenvalue weighted by molar-refractivity contribution is 5.97. The molecule has 0 saturated carbocycles. The molecule has 1 N–H and O–H groups in total. The second-order valence-electron chi connectivity index (χ2n) is 6.90. The molecule has 126 valence electrons. The molecule has 1 heterocycles. The van der Waals surface area contributed by atoms with Crippen LogP contribution in [0.15, 0.2) is 24.3 Å². The summed E-state index contributed by atoms with van der Waals surface area (Å²) in [4.78, 5) is 26.0. The maximum atomic E-state index is 12.3. The van der Waals surface area contributed by atoms with Gasteiger partial charge in [0.1, 0.15) is 0 Å². The van der Waals surface area contributed by atoms with Gasteiger partial charge in [0, 0.05) is 30.3 Å². The molecular formula is C19H28N2O2. The van der Waals surface area contributed by atoms with E-state index in [4.69, 9.17) is 0 Å². The van der Waals surface area contributed by atoms with E-state index in [2.05, 4.69) is 19.2 Å². The fourth-order valence-corrected chi connectivity index (χ4v) is 2.83. The predicted octanol–water partition coefficient (Wildman–Crippen LogP) is 3.76. The molecule has 1 saturated heterocycles. The monoisotopic (exact) mass is 316 g/mol. The van der Waals surface area contributed by atoms with Crippen molar-refractivity contribution in [2.75, 3.05) is 11.4 Å². The molecule has 2 rings (SSSR count). The lowest BCUT2D eigenvalue weighted by molar-refractivity contribution is -0.119. The van der Waals surface area contributed by atoms with Crippen LogP contribution in [0.5, 0.6) is 0 Å². The zero-order valence-corrected chi connectivity index (χ0v) is 14.5. The largest absolute Gasteiger partial charge is 0.350 e. The fourth-order valence-electron chi connectivity index (χ4n) is 2.83. The van der Waals surface area contributed by atoms with Gasteiger partial charge in [-0.05, 0) is 62.8 Å². The molecule has 0 radical (unpaired) electrons. The SMILES string of the molecule is CC(C)CCC(C)NC(=O)c1ccc(N2CCCCC2=O)cc1. The lowest BCUT2D eigenvalue weighted by Crippen LogP contribution is -2.35. The summed E-state index contributed by atoms with van der Waals surface area (Å²) in [5, 5.41) is 3.04. The number of carbonyl (C=O) groups is 2. The van der Waals surface area contributed by atoms with E-state index in [1.807, 2.05) is 36.1 Å². The minimum atomic E-state index is -0.0437. The molecule has 0 bridgehead atoms. The van der Waals surface area contributed by atoms with E-state index in [1.54, 1.807) is 0 Å². The lowest BCUT2D eigenvalue weighted by Gasteiger charge is -2.26. The first kappa shape index (κ1) is 17.5. The third kappa shape index (κ3) is 5.08. The minimum Gasteiger partial charge on any atom is -0.350 e. The number of rotatable bonds is 6. The molecule has 1 aliphatic rings. The van der Waals surface area contributed by atoms with Crippen molar-refractivity contribution >= 4 is 17.5 Å². The van der Waals surface area contributed by atoms with Crippen molar-refractivity contribution in [2.24, 2.45) is 5.92 Å². The standard InChI is InChI=1S/C19H28N2O2/c1-14(2)7-8-15(3)20-19(23)16-9-11-17(12-10-16)21-13-5-4-6-18(21)22/h9-12,14-15H,4-8,13H2,1-3H3,(H,20,23). The molecule has 0 spiro atoms. The van der Waals surface area contributed by atoms with Crippen molar-refractivity contribution < 1.29 is 9.59 Å². The van der Waals surface area contributed by atoms with E-state index in [1.165, 1.54) is 0 Å². The Hall–Kier alpha value is -1.84. The number of piperidine rings is 1. The Morgan fingerprint density at radius 1 is 1.13 bits per heavy atom. The second-order valence-corrected chi connectivity index (χ2v) is 6.90. The number of amides is 2. The van der Waals surface area contributed by atoms with Gasteiger partial charge in [-0.15, -0.1) is 0 Å². The number of hydrogen-bond acceptors (Lipinski definition) is 2. The van der Waals surface area contributed by atoms with Crippen molar-refractivity contribution in [3.63, 3.8) is 0 Å². The van der Waals surface area contributed by atoms with Gasteiger partial charge in [0.05, 0.1) is 0 Å². The van der Waals surface area contributed by atoms with Gasteiger partial charge in [0.25, 0.3) is 5.91 Å². The first-order chi connectivity index (χ1) is 11.0. The molecule has 1 aromatic carbocycles. The third-order valence-corrected chi connectivity index (χ3v) is 4.32. The van der Waals surface area contributed by atoms with Gasteiger partial charge in [0.2, 0.25) is 5.91 Å². The van der Waals surface area contributed by atoms with E-state index in [9.17, 15) is 9.59 Å². The summed E-state index contributed by atoms with van der Waals surface area (Å²) in [6.45, 7) is 7.20. The Labute approximate surface area is 139 Å². The van der Waals surface area contributed by atoms with Crippen molar-refractivity contribution in [2.45, 2.75) is 58.9 Å². The molecule has 1 aromatic rings. The van der Waals surface area contributed by atoms with Crippen molar-refractivity contribution in [1.82, 2.24) is 5.32 Å². The van der Waals surface area contributed by atoms with Crippen LogP contribution in [0.4, 0.5) is 5.69 Å². The van der Waals surface area contributed by atoms with E-state index < -0.39 is 0 Å². The van der Waals surface area contributed by atoms with Crippen LogP contribution in [-0.4, -0.2) is 24.4 Å². The van der Waals surface area contributed by atoms with Gasteiger partial charge in [0.15, 0.2) is 0 Å². The summed E-state index contributed by atoms with van der Waals surface area (Å²) >= 11 is 0. The summed E-state index contributed by atoms with van der Waals surface area (Å²) in [6.07, 6.45) is 4.74. The summed E-state index contributed by atoms with van der Waals surface area (Å²) in [6, 6.07) is 7.53. The molecule has 1 aliphatic heterocycles. The zero-order chi connectivity index (χ0) is 16.8. The Kier molecular flexibility index (Phi) is 6.20. The number of anilines is 1. The van der Waals surface area contributed by atoms with Crippen LogP contribution in [-0.2, 0) is 4.79 Å². The molecule has 4 heteroatoms. The van der Waals surface area contributed by atoms with E-state index in [0.717, 1.165) is 37.9 Å². The first-order valence-corrected chi connectivity index (χ1v) is 8.68. The quantitative estimate of drug-likeness (QED) is 0.869. The van der Waals surface area contributed by atoms with Gasteiger partial charge < -0.3 is 10.2 Å². The summed E-state index contributed by atoms with van der Waals surface area (Å²) in [5.74, 6) is 0.782. The van der Waals surface area contributed by atoms with E-state index in [-0.39, 0.29) is 17.9 Å². The molecule has 1 fully saturated rings. The Balaban J connectivity index is 1.93. The summed E-state index contributed by atoms with van der Waals surface area (Å²) in [5.41, 5.74) is 1.54. The number of carbonyl (C=O) groups excluding carboxylic acids is 2. The number of benzene rings is 1. The Morgan fingerprint density at radius 2 is 1.83 bits per heavy atom. The highest BCUT2D eigenvalue weighted by Gasteiger charge is 2.19. The highest BCUT2D eigenvalue weighted by Crippen LogP contribution is 2.21. The molecule has 1 unspecified atom stereocenters. The van der Waals surface area contributed by atoms with Crippen LogP contribution >= 0.6 is 0 Å². The zero-order valence-electron chi connectivity index (χ0n) is 14.5. The lowest BCUT2D eigenvalue weighted by atomic mass is 10.0. The maximum Gasteiger partial charge on any atom is 0.251 e. The molecule has 4 nitrogen and oxygen atoms in total. The van der Waals surface area contributed by atoms with Crippen LogP contribution in [0.25, 0.3) is 0 Å². The smallest absolute Gasteiger partial charge is 0.251 e. The average Bonchev–Trinajstić information content (AvgIpc) is 2.53. The molecule has 23 heavy (non-hydrogen) atoms. The highest BCUT2D eigenvalue weighted by atomic mass is 16.2. The Morgan fingerprint density at radius 3 is 2.43 bits per heavy atom. The van der Waals surface area contributed by atoms with Crippen LogP contribution in [0.1, 0.15) is 63.2 Å². The fraction of sp³-hybridized carbons (Fsp3) is 0.579. The minimum absolute atomic E-state index is 0.0437. The number of hydrogen-bond donors (Lipinski definition) is 1. The van der Waals surface area contributed by atoms with E-state index in [0.29, 0.717) is 17.9 Å². The average molecular weight is 316 g/mol. The molecule has 0 aliphatic carbocycles. The van der Waals surface area contributed by atoms with Crippen molar-refractivity contribution in [3.8, 4) is 0 Å².